The van der Waals surface area contributed by atoms with Crippen molar-refractivity contribution in [2.24, 2.45) is 23.7 Å². The van der Waals surface area contributed by atoms with E-state index in [-0.39, 0.29) is 0 Å². The molecule has 3 atom stereocenters. The van der Waals surface area contributed by atoms with Gasteiger partial charge in [0.15, 0.2) is 0 Å². The maximum Gasteiger partial charge on any atom is -0.0131 e. The fourth-order valence-corrected chi connectivity index (χ4v) is 4.07. The SMILES string of the molecule is CC(C)C1CC2C=CC3=C(CCCC3)C2C1. The summed E-state index contributed by atoms with van der Waals surface area (Å²) in [6.45, 7) is 4.81. The Morgan fingerprint density at radius 1 is 1.12 bits per heavy atom. The molecule has 3 aliphatic rings. The van der Waals surface area contributed by atoms with Crippen molar-refractivity contribution in [2.75, 3.05) is 0 Å². The second-order valence-corrected chi connectivity index (χ2v) is 6.36. The molecule has 3 unspecified atom stereocenters. The fourth-order valence-electron chi connectivity index (χ4n) is 4.07. The Labute approximate surface area is 99.8 Å². The van der Waals surface area contributed by atoms with Gasteiger partial charge in [-0.25, -0.2) is 0 Å². The zero-order valence-corrected chi connectivity index (χ0v) is 10.7. The molecular weight excluding hydrogens is 192 g/mol. The molecule has 0 aromatic carbocycles. The van der Waals surface area contributed by atoms with Crippen molar-refractivity contribution in [2.45, 2.75) is 52.4 Å². The molecule has 0 aromatic rings. The average molecular weight is 216 g/mol. The lowest BCUT2D eigenvalue weighted by Gasteiger charge is -2.30. The van der Waals surface area contributed by atoms with E-state index in [1.807, 2.05) is 5.57 Å². The summed E-state index contributed by atoms with van der Waals surface area (Å²) in [5.74, 6) is 3.69. The Morgan fingerprint density at radius 3 is 2.75 bits per heavy atom. The highest BCUT2D eigenvalue weighted by molar-refractivity contribution is 5.35. The molecule has 1 saturated carbocycles. The Morgan fingerprint density at radius 2 is 1.94 bits per heavy atom. The van der Waals surface area contributed by atoms with Crippen LogP contribution in [0.4, 0.5) is 0 Å². The Balaban J connectivity index is 1.84. The van der Waals surface area contributed by atoms with Gasteiger partial charge >= 0.3 is 0 Å². The van der Waals surface area contributed by atoms with Crippen LogP contribution in [0, 0.1) is 23.7 Å². The standard InChI is InChI=1S/C16H24/c1-11(2)14-9-13-8-7-12-5-3-4-6-15(12)16(13)10-14/h7-8,11,13-14,16H,3-6,9-10H2,1-2H3. The number of hydrogen-bond donors (Lipinski definition) is 0. The monoisotopic (exact) mass is 216 g/mol. The molecule has 0 aliphatic heterocycles. The molecule has 0 aromatic heterocycles. The molecule has 0 bridgehead atoms. The van der Waals surface area contributed by atoms with Crippen LogP contribution in [0.5, 0.6) is 0 Å². The highest BCUT2D eigenvalue weighted by atomic mass is 14.4. The predicted molar refractivity (Wildman–Crippen MR) is 69.2 cm³/mol. The van der Waals surface area contributed by atoms with Gasteiger partial charge in [-0.1, -0.05) is 31.6 Å². The summed E-state index contributed by atoms with van der Waals surface area (Å²) in [6, 6.07) is 0. The molecular formula is C16H24. The van der Waals surface area contributed by atoms with Gasteiger partial charge in [-0.05, 0) is 67.8 Å². The summed E-state index contributed by atoms with van der Waals surface area (Å²) in [5, 5.41) is 0. The van der Waals surface area contributed by atoms with Crippen LogP contribution in [0.25, 0.3) is 0 Å². The van der Waals surface area contributed by atoms with E-state index < -0.39 is 0 Å². The van der Waals surface area contributed by atoms with E-state index in [1.165, 1.54) is 38.5 Å². The van der Waals surface area contributed by atoms with Crippen molar-refractivity contribution in [3.05, 3.63) is 23.3 Å². The molecule has 88 valence electrons. The Bertz CT molecular complexity index is 332. The van der Waals surface area contributed by atoms with E-state index in [0.717, 1.165) is 23.7 Å². The minimum Gasteiger partial charge on any atom is -0.0805 e. The average Bonchev–Trinajstić information content (AvgIpc) is 2.73. The van der Waals surface area contributed by atoms with Gasteiger partial charge in [-0.3, -0.25) is 0 Å². The van der Waals surface area contributed by atoms with Gasteiger partial charge in [-0.15, -0.1) is 0 Å². The van der Waals surface area contributed by atoms with Crippen LogP contribution in [0.15, 0.2) is 23.3 Å². The van der Waals surface area contributed by atoms with E-state index in [4.69, 9.17) is 0 Å². The van der Waals surface area contributed by atoms with Crippen LogP contribution >= 0.6 is 0 Å². The lowest BCUT2D eigenvalue weighted by molar-refractivity contribution is 0.383. The largest absolute Gasteiger partial charge is 0.0805 e. The van der Waals surface area contributed by atoms with Crippen molar-refractivity contribution < 1.29 is 0 Å². The van der Waals surface area contributed by atoms with E-state index in [2.05, 4.69) is 26.0 Å². The maximum absolute atomic E-state index is 2.54. The van der Waals surface area contributed by atoms with E-state index >= 15 is 0 Å². The van der Waals surface area contributed by atoms with Gasteiger partial charge < -0.3 is 0 Å². The minimum atomic E-state index is 0.881. The third kappa shape index (κ3) is 1.67. The lowest BCUT2D eigenvalue weighted by atomic mass is 9.75. The topological polar surface area (TPSA) is 0 Å². The molecule has 0 saturated heterocycles. The van der Waals surface area contributed by atoms with Crippen molar-refractivity contribution in [3.63, 3.8) is 0 Å². The normalized spacial score (nSPS) is 37.8. The summed E-state index contributed by atoms with van der Waals surface area (Å²) < 4.78 is 0. The quantitative estimate of drug-likeness (QED) is 0.594. The first-order chi connectivity index (χ1) is 7.75. The van der Waals surface area contributed by atoms with Gasteiger partial charge in [0.05, 0.1) is 0 Å². The zero-order valence-electron chi connectivity index (χ0n) is 10.7. The molecule has 0 radical (unpaired) electrons. The molecule has 16 heavy (non-hydrogen) atoms. The highest BCUT2D eigenvalue weighted by Gasteiger charge is 2.38. The summed E-state index contributed by atoms with van der Waals surface area (Å²) in [7, 11) is 0. The molecule has 3 aliphatic carbocycles. The summed E-state index contributed by atoms with van der Waals surface area (Å²) in [6.07, 6.45) is 13.6. The smallest absolute Gasteiger partial charge is 0.0131 e. The molecule has 0 N–H and O–H groups in total. The molecule has 1 fully saturated rings. The first kappa shape index (κ1) is 10.6. The van der Waals surface area contributed by atoms with Crippen LogP contribution in [0.1, 0.15) is 52.4 Å². The Hall–Kier alpha value is -0.520. The third-order valence-corrected chi connectivity index (χ3v) is 5.14. The number of allylic oxidation sites excluding steroid dienone is 4. The van der Waals surface area contributed by atoms with Crippen molar-refractivity contribution >= 4 is 0 Å². The summed E-state index contributed by atoms with van der Waals surface area (Å²) in [5.41, 5.74) is 3.58. The van der Waals surface area contributed by atoms with Gasteiger partial charge in [-0.2, -0.15) is 0 Å². The molecule has 3 rings (SSSR count). The van der Waals surface area contributed by atoms with E-state index in [1.54, 1.807) is 5.57 Å². The fraction of sp³-hybridized carbons (Fsp3) is 0.750. The molecule has 0 spiro atoms. The second kappa shape index (κ2) is 4.05. The first-order valence-corrected chi connectivity index (χ1v) is 7.16. The van der Waals surface area contributed by atoms with Crippen molar-refractivity contribution in [3.8, 4) is 0 Å². The minimum absolute atomic E-state index is 0.881. The van der Waals surface area contributed by atoms with Crippen LogP contribution in [0.3, 0.4) is 0 Å². The molecule has 0 amide bonds. The number of rotatable bonds is 1. The van der Waals surface area contributed by atoms with Crippen LogP contribution in [-0.2, 0) is 0 Å². The zero-order chi connectivity index (χ0) is 11.1. The van der Waals surface area contributed by atoms with E-state index in [9.17, 15) is 0 Å². The van der Waals surface area contributed by atoms with Crippen LogP contribution < -0.4 is 0 Å². The Kier molecular flexibility index (Phi) is 2.69. The maximum atomic E-state index is 2.54. The molecule has 0 heterocycles. The molecule has 0 nitrogen and oxygen atoms in total. The number of fused-ring (bicyclic) bond motifs is 2. The second-order valence-electron chi connectivity index (χ2n) is 6.36. The summed E-state index contributed by atoms with van der Waals surface area (Å²) >= 11 is 0. The van der Waals surface area contributed by atoms with Crippen molar-refractivity contribution in [1.29, 1.82) is 0 Å². The van der Waals surface area contributed by atoms with Gasteiger partial charge in [0.1, 0.15) is 0 Å². The first-order valence-electron chi connectivity index (χ1n) is 7.16. The van der Waals surface area contributed by atoms with E-state index in [0.29, 0.717) is 0 Å². The highest BCUT2D eigenvalue weighted by Crippen LogP contribution is 2.50. The summed E-state index contributed by atoms with van der Waals surface area (Å²) in [4.78, 5) is 0. The van der Waals surface area contributed by atoms with Crippen LogP contribution in [-0.4, -0.2) is 0 Å². The predicted octanol–water partition coefficient (Wildman–Crippen LogP) is 4.73. The van der Waals surface area contributed by atoms with Gasteiger partial charge in [0, 0.05) is 0 Å². The van der Waals surface area contributed by atoms with Crippen LogP contribution in [0.2, 0.25) is 0 Å². The lowest BCUT2D eigenvalue weighted by Crippen LogP contribution is -2.16. The van der Waals surface area contributed by atoms with Crippen molar-refractivity contribution in [1.82, 2.24) is 0 Å². The number of hydrogen-bond acceptors (Lipinski definition) is 0. The van der Waals surface area contributed by atoms with Gasteiger partial charge in [0.2, 0.25) is 0 Å². The van der Waals surface area contributed by atoms with Gasteiger partial charge in [0.25, 0.3) is 0 Å². The molecule has 0 heteroatoms. The third-order valence-electron chi connectivity index (χ3n) is 5.14.